The van der Waals surface area contributed by atoms with Gasteiger partial charge in [-0.05, 0) is 62.6 Å². The highest BCUT2D eigenvalue weighted by Gasteiger charge is 2.35. The van der Waals surface area contributed by atoms with Gasteiger partial charge in [0.1, 0.15) is 17.3 Å². The smallest absolute Gasteiger partial charge is 0.258 e. The number of nitrogens with one attached hydrogen (secondary N) is 3. The van der Waals surface area contributed by atoms with E-state index in [-0.39, 0.29) is 29.8 Å². The Balaban J connectivity index is 1.34. The molecule has 5 rings (SSSR count). The lowest BCUT2D eigenvalue weighted by Gasteiger charge is -2.34. The Labute approximate surface area is 202 Å². The van der Waals surface area contributed by atoms with Gasteiger partial charge in [-0.1, -0.05) is 18.2 Å². The van der Waals surface area contributed by atoms with E-state index in [2.05, 4.69) is 27.5 Å². The Morgan fingerprint density at radius 3 is 2.54 bits per heavy atom. The van der Waals surface area contributed by atoms with E-state index in [1.54, 1.807) is 24.3 Å². The van der Waals surface area contributed by atoms with Gasteiger partial charge >= 0.3 is 0 Å². The highest BCUT2D eigenvalue weighted by atomic mass is 16.5. The molecule has 9 nitrogen and oxygen atoms in total. The number of hydrogen-bond donors (Lipinski definition) is 3. The van der Waals surface area contributed by atoms with Gasteiger partial charge in [-0.15, -0.1) is 0 Å². The number of carbonyl (C=O) groups excluding carboxylic acids is 2. The molecule has 0 radical (unpaired) electrons. The summed E-state index contributed by atoms with van der Waals surface area (Å²) < 4.78 is 5.78. The number of carbonyl (C=O) groups is 2. The van der Waals surface area contributed by atoms with E-state index in [1.807, 2.05) is 35.2 Å². The van der Waals surface area contributed by atoms with Crippen molar-refractivity contribution in [1.29, 1.82) is 0 Å². The van der Waals surface area contributed by atoms with Gasteiger partial charge in [0, 0.05) is 24.7 Å². The van der Waals surface area contributed by atoms with Crippen LogP contribution in [-0.4, -0.2) is 34.4 Å². The van der Waals surface area contributed by atoms with E-state index in [0.717, 1.165) is 25.8 Å². The van der Waals surface area contributed by atoms with Crippen LogP contribution in [0.5, 0.6) is 11.5 Å². The van der Waals surface area contributed by atoms with Crippen LogP contribution in [0.2, 0.25) is 0 Å². The zero-order valence-corrected chi connectivity index (χ0v) is 19.4. The van der Waals surface area contributed by atoms with Gasteiger partial charge in [-0.3, -0.25) is 19.4 Å². The molecule has 2 aromatic carbocycles. The maximum absolute atomic E-state index is 13.1. The predicted molar refractivity (Wildman–Crippen MR) is 133 cm³/mol. The number of amides is 2. The quantitative estimate of drug-likeness (QED) is 0.516. The molecule has 3 heterocycles. The summed E-state index contributed by atoms with van der Waals surface area (Å²) in [6, 6.07) is 16.5. The Morgan fingerprint density at radius 2 is 1.80 bits per heavy atom. The fourth-order valence-corrected chi connectivity index (χ4v) is 4.59. The first-order valence-electron chi connectivity index (χ1n) is 11.8. The number of H-pyrrole nitrogens is 1. The predicted octanol–water partition coefficient (Wildman–Crippen LogP) is 4.01. The maximum atomic E-state index is 13.1. The van der Waals surface area contributed by atoms with Gasteiger partial charge in [-0.2, -0.15) is 4.98 Å². The number of piperidine rings is 1. The molecule has 3 aromatic rings. The van der Waals surface area contributed by atoms with Gasteiger partial charge < -0.3 is 20.3 Å². The van der Waals surface area contributed by atoms with E-state index >= 15 is 0 Å². The van der Waals surface area contributed by atoms with E-state index in [9.17, 15) is 14.4 Å². The molecule has 0 unspecified atom stereocenters. The van der Waals surface area contributed by atoms with Crippen LogP contribution < -0.4 is 25.8 Å². The molecule has 0 bridgehead atoms. The van der Waals surface area contributed by atoms with Gasteiger partial charge in [-0.25, -0.2) is 0 Å². The minimum Gasteiger partial charge on any atom is -0.457 e. The molecule has 0 spiro atoms. The average Bonchev–Trinajstić information content (AvgIpc) is 2.85. The number of ether oxygens (including phenoxy) is 1. The Bertz CT molecular complexity index is 1290. The summed E-state index contributed by atoms with van der Waals surface area (Å²) in [6.07, 6.45) is 3.02. The van der Waals surface area contributed by atoms with E-state index in [4.69, 9.17) is 4.74 Å². The maximum Gasteiger partial charge on any atom is 0.258 e. The molecule has 9 heteroatoms. The van der Waals surface area contributed by atoms with Crippen molar-refractivity contribution in [3.8, 4) is 11.5 Å². The minimum atomic E-state index is -0.942. The molecular formula is C26H27N5O4. The SMILES string of the molecule is C[C@@H]1CCCCN1c1nc2c(c(=O)[nH]1)[C@@H](C(=O)Nc1ccc(Oc3ccccc3)cc1)CC(=O)N2. The van der Waals surface area contributed by atoms with Gasteiger partial charge in [0.2, 0.25) is 17.8 Å². The number of aromatic nitrogens is 2. The third-order valence-corrected chi connectivity index (χ3v) is 6.43. The van der Waals surface area contributed by atoms with Crippen molar-refractivity contribution in [2.45, 2.75) is 44.6 Å². The zero-order chi connectivity index (χ0) is 24.4. The number of benzene rings is 2. The van der Waals surface area contributed by atoms with Crippen molar-refractivity contribution >= 4 is 29.3 Å². The van der Waals surface area contributed by atoms with E-state index < -0.39 is 17.4 Å². The second-order valence-corrected chi connectivity index (χ2v) is 8.92. The lowest BCUT2D eigenvalue weighted by Crippen LogP contribution is -2.41. The second kappa shape index (κ2) is 9.61. The molecule has 2 aliphatic heterocycles. The van der Waals surface area contributed by atoms with Crippen LogP contribution in [0.1, 0.15) is 44.1 Å². The molecule has 2 amide bonds. The van der Waals surface area contributed by atoms with Crippen molar-refractivity contribution in [1.82, 2.24) is 9.97 Å². The molecule has 2 atom stereocenters. The molecule has 1 fully saturated rings. The summed E-state index contributed by atoms with van der Waals surface area (Å²) in [6.45, 7) is 2.87. The van der Waals surface area contributed by atoms with Crippen LogP contribution >= 0.6 is 0 Å². The van der Waals surface area contributed by atoms with Gasteiger partial charge in [0.05, 0.1) is 11.5 Å². The van der Waals surface area contributed by atoms with E-state index in [1.165, 1.54) is 0 Å². The van der Waals surface area contributed by atoms with Crippen molar-refractivity contribution < 1.29 is 14.3 Å². The fraction of sp³-hybridized carbons (Fsp3) is 0.308. The second-order valence-electron chi connectivity index (χ2n) is 8.92. The highest BCUT2D eigenvalue weighted by molar-refractivity contribution is 6.04. The molecule has 0 aliphatic carbocycles. The van der Waals surface area contributed by atoms with Crippen LogP contribution in [0.3, 0.4) is 0 Å². The standard InChI is InChI=1S/C26H27N5O4/c1-16-7-5-6-14-31(16)26-29-23-22(25(34)30-26)20(15-21(32)28-23)24(33)27-17-10-12-19(13-11-17)35-18-8-3-2-4-9-18/h2-4,8-13,16,20H,5-7,14-15H2,1H3,(H,27,33)(H2,28,29,30,32,34)/t16-,20+/m1/s1. The third-order valence-electron chi connectivity index (χ3n) is 6.43. The van der Waals surface area contributed by atoms with Crippen LogP contribution in [0, 0.1) is 0 Å². The lowest BCUT2D eigenvalue weighted by molar-refractivity contribution is -0.123. The van der Waals surface area contributed by atoms with Crippen molar-refractivity contribution in [2.24, 2.45) is 0 Å². The Kier molecular flexibility index (Phi) is 6.22. The molecule has 1 saturated heterocycles. The normalized spacial score (nSPS) is 19.5. The lowest BCUT2D eigenvalue weighted by atomic mass is 9.92. The van der Waals surface area contributed by atoms with Gasteiger partial charge in [0.25, 0.3) is 5.56 Å². The van der Waals surface area contributed by atoms with Crippen LogP contribution in [0.25, 0.3) is 0 Å². The number of hydrogen-bond acceptors (Lipinski definition) is 6. The number of para-hydroxylation sites is 1. The third kappa shape index (κ3) is 4.89. The summed E-state index contributed by atoms with van der Waals surface area (Å²) in [5, 5.41) is 5.49. The van der Waals surface area contributed by atoms with Crippen LogP contribution in [0.4, 0.5) is 17.5 Å². The zero-order valence-electron chi connectivity index (χ0n) is 19.4. The van der Waals surface area contributed by atoms with Crippen molar-refractivity contribution in [2.75, 3.05) is 22.1 Å². The summed E-state index contributed by atoms with van der Waals surface area (Å²) >= 11 is 0. The molecule has 0 saturated carbocycles. The number of nitrogens with zero attached hydrogens (tertiary/aromatic N) is 2. The number of rotatable bonds is 5. The molecule has 1 aromatic heterocycles. The summed E-state index contributed by atoms with van der Waals surface area (Å²) in [5.74, 6) is 0.184. The van der Waals surface area contributed by atoms with Crippen LogP contribution in [-0.2, 0) is 9.59 Å². The Hall–Kier alpha value is -4.14. The minimum absolute atomic E-state index is 0.127. The fourth-order valence-electron chi connectivity index (χ4n) is 4.59. The number of fused-ring (bicyclic) bond motifs is 1. The van der Waals surface area contributed by atoms with Crippen molar-refractivity contribution in [3.05, 3.63) is 70.5 Å². The number of aromatic amines is 1. The molecule has 2 aliphatic rings. The average molecular weight is 474 g/mol. The Morgan fingerprint density at radius 1 is 1.06 bits per heavy atom. The number of anilines is 3. The van der Waals surface area contributed by atoms with Gasteiger partial charge in [0.15, 0.2) is 0 Å². The monoisotopic (exact) mass is 473 g/mol. The van der Waals surface area contributed by atoms with Crippen molar-refractivity contribution in [3.63, 3.8) is 0 Å². The van der Waals surface area contributed by atoms with E-state index in [0.29, 0.717) is 23.1 Å². The first-order valence-corrected chi connectivity index (χ1v) is 11.8. The first kappa shape index (κ1) is 22.6. The highest BCUT2D eigenvalue weighted by Crippen LogP contribution is 2.32. The molecule has 35 heavy (non-hydrogen) atoms. The molecular weight excluding hydrogens is 446 g/mol. The summed E-state index contributed by atoms with van der Waals surface area (Å²) in [5.41, 5.74) is 0.306. The topological polar surface area (TPSA) is 116 Å². The first-order chi connectivity index (χ1) is 17.0. The van der Waals surface area contributed by atoms with Crippen LogP contribution in [0.15, 0.2) is 59.4 Å². The summed E-state index contributed by atoms with van der Waals surface area (Å²) in [4.78, 5) is 48.0. The molecule has 3 N–H and O–H groups in total. The summed E-state index contributed by atoms with van der Waals surface area (Å²) in [7, 11) is 0. The largest absolute Gasteiger partial charge is 0.457 e. The molecule has 180 valence electrons.